The van der Waals surface area contributed by atoms with Crippen LogP contribution in [0.25, 0.3) is 11.2 Å². The molecule has 0 amide bonds. The van der Waals surface area contributed by atoms with E-state index in [2.05, 4.69) is 37.4 Å². The second kappa shape index (κ2) is 5.06. The van der Waals surface area contributed by atoms with E-state index in [4.69, 9.17) is 11.6 Å². The van der Waals surface area contributed by atoms with Crippen LogP contribution in [-0.2, 0) is 0 Å². The molecule has 2 heterocycles. The lowest BCUT2D eigenvalue weighted by atomic mass is 10.1. The minimum Gasteiger partial charge on any atom is -0.309 e. The van der Waals surface area contributed by atoms with Gasteiger partial charge in [0.1, 0.15) is 11.3 Å². The largest absolute Gasteiger partial charge is 0.309 e. The molecule has 0 aromatic carbocycles. The molecule has 3 nitrogen and oxygen atoms in total. The van der Waals surface area contributed by atoms with E-state index in [1.165, 1.54) is 19.3 Å². The molecule has 2 aromatic rings. The van der Waals surface area contributed by atoms with E-state index in [0.717, 1.165) is 27.4 Å². The quantitative estimate of drug-likeness (QED) is 0.743. The molecule has 0 radical (unpaired) electrons. The Bertz CT molecular complexity index is 604. The molecule has 1 aliphatic carbocycles. The fourth-order valence-corrected chi connectivity index (χ4v) is 3.10. The van der Waals surface area contributed by atoms with Crippen LogP contribution in [0.2, 0.25) is 0 Å². The monoisotopic (exact) mass is 341 g/mol. The number of imidazole rings is 1. The van der Waals surface area contributed by atoms with Crippen LogP contribution in [-0.4, -0.2) is 14.5 Å². The molecule has 0 bridgehead atoms. The van der Waals surface area contributed by atoms with E-state index >= 15 is 0 Å². The number of hydrogen-bond donors (Lipinski definition) is 0. The van der Waals surface area contributed by atoms with Gasteiger partial charge in [-0.05, 0) is 48.2 Å². The summed E-state index contributed by atoms with van der Waals surface area (Å²) in [5, 5.41) is -0.102. The Morgan fingerprint density at radius 1 is 1.47 bits per heavy atom. The van der Waals surface area contributed by atoms with Crippen LogP contribution in [0.3, 0.4) is 0 Å². The Morgan fingerprint density at radius 2 is 2.21 bits per heavy atom. The van der Waals surface area contributed by atoms with Crippen molar-refractivity contribution in [3.8, 4) is 0 Å². The Labute approximate surface area is 126 Å². The molecule has 102 valence electrons. The Hall–Kier alpha value is -0.610. The normalized spacial score (nSPS) is 18.7. The summed E-state index contributed by atoms with van der Waals surface area (Å²) in [7, 11) is 0. The highest BCUT2D eigenvalue weighted by molar-refractivity contribution is 9.10. The molecule has 1 aliphatic rings. The van der Waals surface area contributed by atoms with Gasteiger partial charge < -0.3 is 4.57 Å². The number of nitrogens with zero attached hydrogens (tertiary/aromatic N) is 3. The number of alkyl halides is 1. The van der Waals surface area contributed by atoms with Gasteiger partial charge in [0.05, 0.1) is 5.38 Å². The summed E-state index contributed by atoms with van der Waals surface area (Å²) >= 11 is 9.74. The summed E-state index contributed by atoms with van der Waals surface area (Å²) in [5.41, 5.74) is 1.86. The zero-order valence-electron chi connectivity index (χ0n) is 11.1. The Kier molecular flexibility index (Phi) is 3.56. The molecule has 1 saturated carbocycles. The topological polar surface area (TPSA) is 30.7 Å². The highest BCUT2D eigenvalue weighted by Crippen LogP contribution is 2.38. The molecule has 5 heteroatoms. The standard InChI is InChI=1S/C14H17BrClN3/c1-8(5-10-3-4-10)19-13(9(2)16)18-12-6-11(15)7-17-14(12)19/h6-10H,3-5H2,1-2H3. The van der Waals surface area contributed by atoms with Crippen molar-refractivity contribution in [2.45, 2.75) is 44.5 Å². The zero-order chi connectivity index (χ0) is 13.6. The predicted octanol–water partition coefficient (Wildman–Crippen LogP) is 4.85. The first kappa shape index (κ1) is 13.4. The van der Waals surface area contributed by atoms with Crippen LogP contribution in [0.5, 0.6) is 0 Å². The molecule has 0 saturated heterocycles. The van der Waals surface area contributed by atoms with Gasteiger partial charge in [0, 0.05) is 16.7 Å². The van der Waals surface area contributed by atoms with Crippen molar-refractivity contribution < 1.29 is 0 Å². The zero-order valence-corrected chi connectivity index (χ0v) is 13.4. The molecular formula is C14H17BrClN3. The van der Waals surface area contributed by atoms with Crippen molar-refractivity contribution in [2.24, 2.45) is 5.92 Å². The van der Waals surface area contributed by atoms with Crippen molar-refractivity contribution in [2.75, 3.05) is 0 Å². The third-order valence-electron chi connectivity index (χ3n) is 3.69. The van der Waals surface area contributed by atoms with Gasteiger partial charge >= 0.3 is 0 Å². The summed E-state index contributed by atoms with van der Waals surface area (Å²) in [5.74, 6) is 1.80. The first-order chi connectivity index (χ1) is 9.06. The van der Waals surface area contributed by atoms with E-state index < -0.39 is 0 Å². The number of aromatic nitrogens is 3. The van der Waals surface area contributed by atoms with Crippen LogP contribution in [0.15, 0.2) is 16.7 Å². The average molecular weight is 343 g/mol. The summed E-state index contributed by atoms with van der Waals surface area (Å²) in [6.07, 6.45) is 5.75. The van der Waals surface area contributed by atoms with Gasteiger partial charge in [-0.3, -0.25) is 0 Å². The molecule has 0 spiro atoms. The predicted molar refractivity (Wildman–Crippen MR) is 81.5 cm³/mol. The van der Waals surface area contributed by atoms with Gasteiger partial charge in [0.25, 0.3) is 0 Å². The number of halogens is 2. The van der Waals surface area contributed by atoms with Gasteiger partial charge in [0.15, 0.2) is 5.65 Å². The third-order valence-corrected chi connectivity index (χ3v) is 4.32. The Balaban J connectivity index is 2.09. The van der Waals surface area contributed by atoms with Crippen LogP contribution < -0.4 is 0 Å². The third kappa shape index (κ3) is 2.65. The first-order valence-electron chi connectivity index (χ1n) is 6.73. The maximum absolute atomic E-state index is 6.29. The second-order valence-corrected chi connectivity index (χ2v) is 7.05. The molecule has 3 rings (SSSR count). The number of pyridine rings is 1. The highest BCUT2D eigenvalue weighted by atomic mass is 79.9. The van der Waals surface area contributed by atoms with Gasteiger partial charge in [-0.1, -0.05) is 12.8 Å². The number of rotatable bonds is 4. The van der Waals surface area contributed by atoms with E-state index in [9.17, 15) is 0 Å². The average Bonchev–Trinajstić information content (AvgIpc) is 3.06. The van der Waals surface area contributed by atoms with E-state index in [1.807, 2.05) is 19.2 Å². The van der Waals surface area contributed by atoms with Crippen molar-refractivity contribution in [1.29, 1.82) is 0 Å². The van der Waals surface area contributed by atoms with Crippen molar-refractivity contribution in [3.63, 3.8) is 0 Å². The lowest BCUT2D eigenvalue weighted by molar-refractivity contribution is 0.469. The number of fused-ring (bicyclic) bond motifs is 1. The second-order valence-electron chi connectivity index (χ2n) is 5.48. The highest BCUT2D eigenvalue weighted by Gasteiger charge is 2.27. The Morgan fingerprint density at radius 3 is 2.84 bits per heavy atom. The fraction of sp³-hybridized carbons (Fsp3) is 0.571. The van der Waals surface area contributed by atoms with E-state index in [-0.39, 0.29) is 5.38 Å². The molecule has 1 fully saturated rings. The van der Waals surface area contributed by atoms with Gasteiger partial charge in [-0.25, -0.2) is 9.97 Å². The van der Waals surface area contributed by atoms with Gasteiger partial charge in [0.2, 0.25) is 0 Å². The maximum Gasteiger partial charge on any atom is 0.160 e. The molecule has 2 atom stereocenters. The van der Waals surface area contributed by atoms with Crippen LogP contribution >= 0.6 is 27.5 Å². The van der Waals surface area contributed by atoms with Gasteiger partial charge in [-0.15, -0.1) is 11.6 Å². The molecule has 0 N–H and O–H groups in total. The van der Waals surface area contributed by atoms with Gasteiger partial charge in [-0.2, -0.15) is 0 Å². The van der Waals surface area contributed by atoms with E-state index in [1.54, 1.807) is 0 Å². The molecule has 2 aromatic heterocycles. The van der Waals surface area contributed by atoms with Crippen LogP contribution in [0.1, 0.15) is 50.4 Å². The van der Waals surface area contributed by atoms with Crippen molar-refractivity contribution in [3.05, 3.63) is 22.6 Å². The summed E-state index contributed by atoms with van der Waals surface area (Å²) in [6, 6.07) is 2.41. The molecule has 0 aliphatic heterocycles. The summed E-state index contributed by atoms with van der Waals surface area (Å²) in [6.45, 7) is 4.21. The smallest absolute Gasteiger partial charge is 0.160 e. The fourth-order valence-electron chi connectivity index (χ4n) is 2.63. The summed E-state index contributed by atoms with van der Waals surface area (Å²) in [4.78, 5) is 9.19. The van der Waals surface area contributed by atoms with E-state index in [0.29, 0.717) is 6.04 Å². The SMILES string of the molecule is CC(Cl)c1nc2cc(Br)cnc2n1C(C)CC1CC1. The maximum atomic E-state index is 6.29. The lowest BCUT2D eigenvalue weighted by Crippen LogP contribution is -2.11. The number of hydrogen-bond acceptors (Lipinski definition) is 2. The minimum absolute atomic E-state index is 0.102. The van der Waals surface area contributed by atoms with Crippen LogP contribution in [0, 0.1) is 5.92 Å². The van der Waals surface area contributed by atoms with Crippen molar-refractivity contribution >= 4 is 38.7 Å². The van der Waals surface area contributed by atoms with Crippen molar-refractivity contribution in [1.82, 2.24) is 14.5 Å². The molecule has 2 unspecified atom stereocenters. The lowest BCUT2D eigenvalue weighted by Gasteiger charge is -2.17. The first-order valence-corrected chi connectivity index (χ1v) is 7.96. The summed E-state index contributed by atoms with van der Waals surface area (Å²) < 4.78 is 3.17. The van der Waals surface area contributed by atoms with Crippen LogP contribution in [0.4, 0.5) is 0 Å². The minimum atomic E-state index is -0.102. The molecule has 19 heavy (non-hydrogen) atoms. The molecular weight excluding hydrogens is 326 g/mol.